The lowest BCUT2D eigenvalue weighted by Crippen LogP contribution is -2.35. The average molecular weight is 251 g/mol. The van der Waals surface area contributed by atoms with Gasteiger partial charge in [-0.05, 0) is 39.8 Å². The highest BCUT2D eigenvalue weighted by Gasteiger charge is 2.19. The zero-order valence-corrected chi connectivity index (χ0v) is 11.8. The third kappa shape index (κ3) is 3.82. The first-order chi connectivity index (χ1) is 8.44. The van der Waals surface area contributed by atoms with Crippen molar-refractivity contribution >= 4 is 0 Å². The van der Waals surface area contributed by atoms with E-state index in [2.05, 4.69) is 26.9 Å². The highest BCUT2D eigenvalue weighted by Crippen LogP contribution is 2.28. The molecule has 0 spiro atoms. The van der Waals surface area contributed by atoms with E-state index < -0.39 is 5.60 Å². The number of hydrogen-bond donors (Lipinski definition) is 1. The normalized spacial score (nSPS) is 17.8. The summed E-state index contributed by atoms with van der Waals surface area (Å²) in [6, 6.07) is 2.71. The van der Waals surface area contributed by atoms with Gasteiger partial charge in [-0.1, -0.05) is 12.8 Å². The van der Waals surface area contributed by atoms with E-state index in [-0.39, 0.29) is 0 Å². The predicted octanol–water partition coefficient (Wildman–Crippen LogP) is 2.20. The SMILES string of the molecule is CN(Cc1ccn(C2CCCC2)n1)CC(C)(C)O. The fraction of sp³-hybridized carbons (Fsp3) is 0.786. The molecule has 4 nitrogen and oxygen atoms in total. The Bertz CT molecular complexity index is 375. The number of rotatable bonds is 5. The van der Waals surface area contributed by atoms with Gasteiger partial charge in [0, 0.05) is 19.3 Å². The molecule has 2 rings (SSSR count). The zero-order valence-electron chi connectivity index (χ0n) is 11.8. The van der Waals surface area contributed by atoms with Crippen LogP contribution in [0.3, 0.4) is 0 Å². The van der Waals surface area contributed by atoms with E-state index >= 15 is 0 Å². The van der Waals surface area contributed by atoms with E-state index in [0.29, 0.717) is 12.6 Å². The first-order valence-corrected chi connectivity index (χ1v) is 6.89. The van der Waals surface area contributed by atoms with Crippen molar-refractivity contribution < 1.29 is 5.11 Å². The van der Waals surface area contributed by atoms with Crippen LogP contribution in [0.25, 0.3) is 0 Å². The second-order valence-electron chi connectivity index (χ2n) is 6.21. The summed E-state index contributed by atoms with van der Waals surface area (Å²) in [7, 11) is 2.02. The predicted molar refractivity (Wildman–Crippen MR) is 72.4 cm³/mol. The van der Waals surface area contributed by atoms with E-state index in [9.17, 15) is 5.11 Å². The van der Waals surface area contributed by atoms with Gasteiger partial charge in [-0.15, -0.1) is 0 Å². The molecule has 0 bridgehead atoms. The average Bonchev–Trinajstić information content (AvgIpc) is 2.82. The lowest BCUT2D eigenvalue weighted by molar-refractivity contribution is 0.0421. The number of hydrogen-bond acceptors (Lipinski definition) is 3. The van der Waals surface area contributed by atoms with E-state index in [1.54, 1.807) is 0 Å². The van der Waals surface area contributed by atoms with Gasteiger partial charge in [-0.2, -0.15) is 5.10 Å². The molecule has 1 saturated carbocycles. The van der Waals surface area contributed by atoms with Crippen LogP contribution in [0.15, 0.2) is 12.3 Å². The number of aromatic nitrogens is 2. The Morgan fingerprint density at radius 3 is 2.72 bits per heavy atom. The Balaban J connectivity index is 1.90. The summed E-state index contributed by atoms with van der Waals surface area (Å²) >= 11 is 0. The topological polar surface area (TPSA) is 41.3 Å². The number of likely N-dealkylation sites (N-methyl/N-ethyl adjacent to an activating group) is 1. The summed E-state index contributed by atoms with van der Waals surface area (Å²) in [4.78, 5) is 2.11. The van der Waals surface area contributed by atoms with Gasteiger partial charge in [0.25, 0.3) is 0 Å². The Hall–Kier alpha value is -0.870. The maximum absolute atomic E-state index is 9.78. The molecule has 102 valence electrons. The second-order valence-corrected chi connectivity index (χ2v) is 6.21. The first-order valence-electron chi connectivity index (χ1n) is 6.89. The Labute approximate surface area is 110 Å². The molecular formula is C14H25N3O. The third-order valence-electron chi connectivity index (χ3n) is 3.45. The molecule has 4 heteroatoms. The Kier molecular flexibility index (Phi) is 4.07. The van der Waals surface area contributed by atoms with Crippen LogP contribution in [0, 0.1) is 0 Å². The smallest absolute Gasteiger partial charge is 0.0764 e. The Morgan fingerprint density at radius 1 is 1.44 bits per heavy atom. The monoisotopic (exact) mass is 251 g/mol. The summed E-state index contributed by atoms with van der Waals surface area (Å²) in [5.74, 6) is 0. The Morgan fingerprint density at radius 2 is 2.11 bits per heavy atom. The minimum absolute atomic E-state index is 0.610. The minimum atomic E-state index is -0.650. The summed E-state index contributed by atoms with van der Waals surface area (Å²) in [6.45, 7) is 5.12. The summed E-state index contributed by atoms with van der Waals surface area (Å²) < 4.78 is 2.13. The van der Waals surface area contributed by atoms with Crippen LogP contribution in [0.1, 0.15) is 51.3 Å². The van der Waals surface area contributed by atoms with Crippen molar-refractivity contribution in [3.8, 4) is 0 Å². The van der Waals surface area contributed by atoms with Gasteiger partial charge in [0.15, 0.2) is 0 Å². The van der Waals surface area contributed by atoms with Crippen molar-refractivity contribution in [2.75, 3.05) is 13.6 Å². The molecule has 1 aliphatic rings. The fourth-order valence-electron chi connectivity index (χ4n) is 2.83. The van der Waals surface area contributed by atoms with Crippen molar-refractivity contribution in [1.82, 2.24) is 14.7 Å². The molecule has 1 N–H and O–H groups in total. The van der Waals surface area contributed by atoms with Crippen molar-refractivity contribution in [3.05, 3.63) is 18.0 Å². The van der Waals surface area contributed by atoms with Gasteiger partial charge in [0.2, 0.25) is 0 Å². The van der Waals surface area contributed by atoms with Crippen LogP contribution in [0.5, 0.6) is 0 Å². The van der Waals surface area contributed by atoms with Crippen molar-refractivity contribution in [2.24, 2.45) is 0 Å². The second kappa shape index (κ2) is 5.41. The van der Waals surface area contributed by atoms with E-state index in [1.165, 1.54) is 25.7 Å². The van der Waals surface area contributed by atoms with E-state index in [4.69, 9.17) is 0 Å². The van der Waals surface area contributed by atoms with Crippen molar-refractivity contribution in [2.45, 2.75) is 57.7 Å². The molecule has 0 amide bonds. The third-order valence-corrected chi connectivity index (χ3v) is 3.45. The molecule has 1 aromatic heterocycles. The summed E-state index contributed by atoms with van der Waals surface area (Å²) in [5.41, 5.74) is 0.441. The van der Waals surface area contributed by atoms with Crippen LogP contribution >= 0.6 is 0 Å². The standard InChI is InChI=1S/C14H25N3O/c1-14(2,18)11-16(3)10-12-8-9-17(15-12)13-6-4-5-7-13/h8-9,13,18H,4-7,10-11H2,1-3H3. The summed E-state index contributed by atoms with van der Waals surface area (Å²) in [6.07, 6.45) is 7.29. The van der Waals surface area contributed by atoms with E-state index in [0.717, 1.165) is 12.2 Å². The van der Waals surface area contributed by atoms with Crippen LogP contribution < -0.4 is 0 Å². The molecule has 0 atom stereocenters. The number of nitrogens with zero attached hydrogens (tertiary/aromatic N) is 3. The molecule has 0 aromatic carbocycles. The van der Waals surface area contributed by atoms with Crippen LogP contribution in [-0.2, 0) is 6.54 Å². The molecule has 1 aliphatic carbocycles. The molecule has 1 fully saturated rings. The van der Waals surface area contributed by atoms with Gasteiger partial charge in [-0.25, -0.2) is 0 Å². The van der Waals surface area contributed by atoms with Crippen LogP contribution in [0.2, 0.25) is 0 Å². The van der Waals surface area contributed by atoms with Crippen molar-refractivity contribution in [3.63, 3.8) is 0 Å². The van der Waals surface area contributed by atoms with E-state index in [1.807, 2.05) is 20.9 Å². The highest BCUT2D eigenvalue weighted by molar-refractivity contribution is 5.00. The molecule has 0 saturated heterocycles. The van der Waals surface area contributed by atoms with Gasteiger partial charge >= 0.3 is 0 Å². The minimum Gasteiger partial charge on any atom is -0.389 e. The zero-order chi connectivity index (χ0) is 13.2. The maximum atomic E-state index is 9.78. The molecule has 0 radical (unpaired) electrons. The number of aliphatic hydroxyl groups is 1. The molecule has 1 heterocycles. The lowest BCUT2D eigenvalue weighted by atomic mass is 10.1. The molecule has 18 heavy (non-hydrogen) atoms. The van der Waals surface area contributed by atoms with Gasteiger partial charge in [-0.3, -0.25) is 9.58 Å². The lowest BCUT2D eigenvalue weighted by Gasteiger charge is -2.24. The first kappa shape index (κ1) is 13.6. The fourth-order valence-corrected chi connectivity index (χ4v) is 2.83. The molecular weight excluding hydrogens is 226 g/mol. The molecule has 0 aliphatic heterocycles. The van der Waals surface area contributed by atoms with Gasteiger partial charge < -0.3 is 5.11 Å². The molecule has 1 aromatic rings. The maximum Gasteiger partial charge on any atom is 0.0764 e. The van der Waals surface area contributed by atoms with Crippen LogP contribution in [0.4, 0.5) is 0 Å². The van der Waals surface area contributed by atoms with Gasteiger partial charge in [0.1, 0.15) is 0 Å². The van der Waals surface area contributed by atoms with Gasteiger partial charge in [0.05, 0.1) is 17.3 Å². The van der Waals surface area contributed by atoms with Crippen molar-refractivity contribution in [1.29, 1.82) is 0 Å². The molecule has 0 unspecified atom stereocenters. The largest absolute Gasteiger partial charge is 0.389 e. The highest BCUT2D eigenvalue weighted by atomic mass is 16.3. The quantitative estimate of drug-likeness (QED) is 0.872. The van der Waals surface area contributed by atoms with Crippen LogP contribution in [-0.4, -0.2) is 39.0 Å². The summed E-state index contributed by atoms with van der Waals surface area (Å²) in [5, 5.41) is 14.4.